The van der Waals surface area contributed by atoms with Crippen LogP contribution in [0.3, 0.4) is 0 Å². The summed E-state index contributed by atoms with van der Waals surface area (Å²) in [5.74, 6) is 0.697. The molecule has 3 heteroatoms. The lowest BCUT2D eigenvalue weighted by molar-refractivity contribution is 0.0833. The molecular formula is C14H30N2O. The summed E-state index contributed by atoms with van der Waals surface area (Å²) < 4.78 is 0. The lowest BCUT2D eigenvalue weighted by Gasteiger charge is -2.43. The molecule has 1 aliphatic rings. The van der Waals surface area contributed by atoms with Gasteiger partial charge in [-0.2, -0.15) is 0 Å². The van der Waals surface area contributed by atoms with E-state index in [1.54, 1.807) is 0 Å². The second-order valence-corrected chi connectivity index (χ2v) is 6.53. The number of rotatable bonds is 5. The van der Waals surface area contributed by atoms with Gasteiger partial charge in [-0.05, 0) is 51.6 Å². The first-order valence-electron chi connectivity index (χ1n) is 6.88. The van der Waals surface area contributed by atoms with Gasteiger partial charge in [-0.25, -0.2) is 0 Å². The molecule has 3 unspecified atom stereocenters. The number of hydrogen-bond donors (Lipinski definition) is 2. The van der Waals surface area contributed by atoms with Crippen molar-refractivity contribution in [3.63, 3.8) is 0 Å². The van der Waals surface area contributed by atoms with E-state index in [2.05, 4.69) is 45.1 Å². The Morgan fingerprint density at radius 3 is 2.65 bits per heavy atom. The van der Waals surface area contributed by atoms with Crippen molar-refractivity contribution in [3.05, 3.63) is 0 Å². The Balaban J connectivity index is 2.58. The molecule has 1 saturated carbocycles. The molecule has 17 heavy (non-hydrogen) atoms. The number of aliphatic hydroxyl groups is 1. The second kappa shape index (κ2) is 6.17. The predicted molar refractivity (Wildman–Crippen MR) is 73.1 cm³/mol. The van der Waals surface area contributed by atoms with Gasteiger partial charge < -0.3 is 15.3 Å². The molecule has 0 heterocycles. The summed E-state index contributed by atoms with van der Waals surface area (Å²) in [5.41, 5.74) is 0.474. The minimum Gasteiger partial charge on any atom is -0.395 e. The molecule has 0 aromatic heterocycles. The van der Waals surface area contributed by atoms with Crippen molar-refractivity contribution >= 4 is 0 Å². The normalized spacial score (nSPS) is 30.5. The molecule has 0 aromatic rings. The van der Waals surface area contributed by atoms with Crippen molar-refractivity contribution in [2.24, 2.45) is 11.3 Å². The third-order valence-corrected chi connectivity index (χ3v) is 4.43. The highest BCUT2D eigenvalue weighted by atomic mass is 16.3. The minimum atomic E-state index is 0.247. The van der Waals surface area contributed by atoms with Gasteiger partial charge in [0.1, 0.15) is 0 Å². The van der Waals surface area contributed by atoms with E-state index in [0.29, 0.717) is 17.4 Å². The van der Waals surface area contributed by atoms with Gasteiger partial charge in [-0.15, -0.1) is 0 Å². The topological polar surface area (TPSA) is 35.5 Å². The van der Waals surface area contributed by atoms with Crippen LogP contribution in [-0.4, -0.2) is 49.3 Å². The number of likely N-dealkylation sites (N-methyl/N-ethyl adjacent to an activating group) is 1. The molecule has 102 valence electrons. The molecule has 3 atom stereocenters. The average Bonchev–Trinajstić information content (AvgIpc) is 2.27. The van der Waals surface area contributed by atoms with E-state index in [9.17, 15) is 5.11 Å². The molecular weight excluding hydrogens is 212 g/mol. The van der Waals surface area contributed by atoms with E-state index in [4.69, 9.17) is 0 Å². The molecule has 0 amide bonds. The van der Waals surface area contributed by atoms with Crippen molar-refractivity contribution in [1.82, 2.24) is 10.2 Å². The number of nitrogens with one attached hydrogen (secondary N) is 1. The van der Waals surface area contributed by atoms with Gasteiger partial charge in [0.2, 0.25) is 0 Å². The van der Waals surface area contributed by atoms with Gasteiger partial charge in [0.05, 0.1) is 6.61 Å². The molecule has 0 aliphatic heterocycles. The van der Waals surface area contributed by atoms with Crippen molar-refractivity contribution < 1.29 is 5.11 Å². The maximum Gasteiger partial charge on any atom is 0.0584 e. The molecule has 0 saturated heterocycles. The van der Waals surface area contributed by atoms with Crippen LogP contribution >= 0.6 is 0 Å². The second-order valence-electron chi connectivity index (χ2n) is 6.53. The fraction of sp³-hybridized carbons (Fsp3) is 1.00. The highest BCUT2D eigenvalue weighted by molar-refractivity contribution is 4.89. The largest absolute Gasteiger partial charge is 0.395 e. The first-order valence-corrected chi connectivity index (χ1v) is 6.88. The Hall–Kier alpha value is -0.120. The van der Waals surface area contributed by atoms with Gasteiger partial charge in [-0.3, -0.25) is 0 Å². The summed E-state index contributed by atoms with van der Waals surface area (Å²) in [5, 5.41) is 12.7. The van der Waals surface area contributed by atoms with Crippen molar-refractivity contribution in [2.75, 3.05) is 27.2 Å². The Kier molecular flexibility index (Phi) is 5.42. The van der Waals surface area contributed by atoms with Crippen LogP contribution in [0.25, 0.3) is 0 Å². The van der Waals surface area contributed by atoms with Gasteiger partial charge in [0.25, 0.3) is 0 Å². The smallest absolute Gasteiger partial charge is 0.0584 e. The summed E-state index contributed by atoms with van der Waals surface area (Å²) in [6, 6.07) is 0.897. The highest BCUT2D eigenvalue weighted by Crippen LogP contribution is 2.38. The maximum absolute atomic E-state index is 9.20. The maximum atomic E-state index is 9.20. The number of nitrogens with zero attached hydrogens (tertiary/aromatic N) is 1. The first kappa shape index (κ1) is 14.9. The van der Waals surface area contributed by atoms with Crippen LogP contribution in [0.2, 0.25) is 0 Å². The summed E-state index contributed by atoms with van der Waals surface area (Å²) in [4.78, 5) is 2.29. The summed E-state index contributed by atoms with van der Waals surface area (Å²) >= 11 is 0. The van der Waals surface area contributed by atoms with Gasteiger partial charge in [0, 0.05) is 18.6 Å². The summed E-state index contributed by atoms with van der Waals surface area (Å²) in [6.45, 7) is 8.17. The Bertz CT molecular complexity index is 230. The standard InChI is InChI=1S/C14H30N2O/c1-11(10-17)16(5)9-12-8-14(2,3)7-6-13(12)15-4/h11-13,15,17H,6-10H2,1-5H3. The fourth-order valence-electron chi connectivity index (χ4n) is 3.00. The Morgan fingerprint density at radius 1 is 1.47 bits per heavy atom. The zero-order valence-electron chi connectivity index (χ0n) is 12.2. The first-order chi connectivity index (χ1) is 7.89. The monoisotopic (exact) mass is 242 g/mol. The van der Waals surface area contributed by atoms with Gasteiger partial charge in [-0.1, -0.05) is 13.8 Å². The van der Waals surface area contributed by atoms with Crippen molar-refractivity contribution in [1.29, 1.82) is 0 Å². The van der Waals surface area contributed by atoms with Gasteiger partial charge in [0.15, 0.2) is 0 Å². The fourth-order valence-corrected chi connectivity index (χ4v) is 3.00. The van der Waals surface area contributed by atoms with E-state index >= 15 is 0 Å². The molecule has 1 fully saturated rings. The third-order valence-electron chi connectivity index (χ3n) is 4.43. The van der Waals surface area contributed by atoms with Crippen LogP contribution in [0, 0.1) is 11.3 Å². The van der Waals surface area contributed by atoms with Crippen molar-refractivity contribution in [2.45, 2.75) is 52.1 Å². The summed E-state index contributed by atoms with van der Waals surface area (Å²) in [7, 11) is 4.20. The lowest BCUT2D eigenvalue weighted by Crippen LogP contribution is -2.47. The molecule has 0 spiro atoms. The lowest BCUT2D eigenvalue weighted by atomic mass is 9.69. The summed E-state index contributed by atoms with van der Waals surface area (Å²) in [6.07, 6.45) is 3.87. The number of aliphatic hydroxyl groups excluding tert-OH is 1. The van der Waals surface area contributed by atoms with Crippen LogP contribution < -0.4 is 5.32 Å². The SMILES string of the molecule is CNC1CCC(C)(C)CC1CN(C)C(C)CO. The van der Waals surface area contributed by atoms with Crippen molar-refractivity contribution in [3.8, 4) is 0 Å². The van der Waals surface area contributed by atoms with E-state index in [1.165, 1.54) is 19.3 Å². The minimum absolute atomic E-state index is 0.247. The zero-order chi connectivity index (χ0) is 13.1. The molecule has 1 rings (SSSR count). The van der Waals surface area contributed by atoms with E-state index < -0.39 is 0 Å². The average molecular weight is 242 g/mol. The molecule has 0 aromatic carbocycles. The zero-order valence-corrected chi connectivity index (χ0v) is 12.2. The van der Waals surface area contributed by atoms with E-state index in [-0.39, 0.29) is 12.6 Å². The third kappa shape index (κ3) is 4.23. The molecule has 2 N–H and O–H groups in total. The quantitative estimate of drug-likeness (QED) is 0.770. The van der Waals surface area contributed by atoms with Gasteiger partial charge >= 0.3 is 0 Å². The van der Waals surface area contributed by atoms with Crippen LogP contribution in [0.15, 0.2) is 0 Å². The number of hydrogen-bond acceptors (Lipinski definition) is 3. The Labute approximate surface area is 107 Å². The molecule has 3 nitrogen and oxygen atoms in total. The highest BCUT2D eigenvalue weighted by Gasteiger charge is 2.34. The molecule has 1 aliphatic carbocycles. The molecule has 0 radical (unpaired) electrons. The molecule has 0 bridgehead atoms. The van der Waals surface area contributed by atoms with Crippen LogP contribution in [0.4, 0.5) is 0 Å². The Morgan fingerprint density at radius 2 is 2.12 bits per heavy atom. The van der Waals surface area contributed by atoms with E-state index in [0.717, 1.165) is 6.54 Å². The van der Waals surface area contributed by atoms with E-state index in [1.807, 2.05) is 0 Å². The van der Waals surface area contributed by atoms with Crippen LogP contribution in [0.1, 0.15) is 40.0 Å². The van der Waals surface area contributed by atoms with Crippen LogP contribution in [0.5, 0.6) is 0 Å². The predicted octanol–water partition coefficient (Wildman–Crippen LogP) is 1.71. The van der Waals surface area contributed by atoms with Crippen LogP contribution in [-0.2, 0) is 0 Å².